The van der Waals surface area contributed by atoms with Crippen LogP contribution in [0, 0.1) is 6.92 Å². The highest BCUT2D eigenvalue weighted by Crippen LogP contribution is 2.19. The molecule has 0 aliphatic carbocycles. The molecule has 18 heavy (non-hydrogen) atoms. The molecule has 5 heteroatoms. The number of hydrogen-bond acceptors (Lipinski definition) is 2. The molecule has 1 heterocycles. The molecule has 0 saturated carbocycles. The van der Waals surface area contributed by atoms with Crippen molar-refractivity contribution in [2.24, 2.45) is 0 Å². The van der Waals surface area contributed by atoms with Crippen LogP contribution < -0.4 is 5.32 Å². The van der Waals surface area contributed by atoms with E-state index in [-0.39, 0.29) is 24.4 Å². The molecule has 0 radical (unpaired) electrons. The Morgan fingerprint density at radius 2 is 2.22 bits per heavy atom. The summed E-state index contributed by atoms with van der Waals surface area (Å²) in [6, 6.07) is 6.03. The molecule has 0 bridgehead atoms. The SMILES string of the molecule is Cc1cc(C(=O)N2CCNCC2C)ccc1Br.Cl. The standard InChI is InChI=1S/C13H17BrN2O.ClH/c1-9-7-11(3-4-12(9)14)13(17)16-6-5-15-8-10(16)2;/h3-4,7,10,15H,5-6,8H2,1-2H3;1H. The normalized spacial score (nSPS) is 19.3. The van der Waals surface area contributed by atoms with Crippen LogP contribution >= 0.6 is 28.3 Å². The van der Waals surface area contributed by atoms with Crippen molar-refractivity contribution in [3.8, 4) is 0 Å². The lowest BCUT2D eigenvalue weighted by molar-refractivity contribution is 0.0655. The summed E-state index contributed by atoms with van der Waals surface area (Å²) in [6.07, 6.45) is 0. The van der Waals surface area contributed by atoms with Crippen molar-refractivity contribution < 1.29 is 4.79 Å². The maximum absolute atomic E-state index is 12.4. The van der Waals surface area contributed by atoms with Gasteiger partial charge in [0, 0.05) is 35.7 Å². The first-order valence-electron chi connectivity index (χ1n) is 5.87. The Balaban J connectivity index is 0.00000162. The van der Waals surface area contributed by atoms with E-state index in [1.165, 1.54) is 0 Å². The lowest BCUT2D eigenvalue weighted by Gasteiger charge is -2.34. The lowest BCUT2D eigenvalue weighted by Crippen LogP contribution is -2.52. The minimum absolute atomic E-state index is 0. The van der Waals surface area contributed by atoms with Gasteiger partial charge in [0.15, 0.2) is 0 Å². The summed E-state index contributed by atoms with van der Waals surface area (Å²) in [5, 5.41) is 3.29. The fourth-order valence-corrected chi connectivity index (χ4v) is 2.33. The van der Waals surface area contributed by atoms with E-state index in [1.807, 2.05) is 30.0 Å². The van der Waals surface area contributed by atoms with E-state index in [2.05, 4.69) is 28.2 Å². The number of rotatable bonds is 1. The number of aryl methyl sites for hydroxylation is 1. The number of nitrogens with zero attached hydrogens (tertiary/aromatic N) is 1. The van der Waals surface area contributed by atoms with Crippen LogP contribution in [-0.4, -0.2) is 36.5 Å². The second-order valence-corrected chi connectivity index (χ2v) is 5.37. The van der Waals surface area contributed by atoms with Crippen molar-refractivity contribution in [3.63, 3.8) is 0 Å². The van der Waals surface area contributed by atoms with E-state index in [0.717, 1.165) is 35.2 Å². The van der Waals surface area contributed by atoms with Crippen LogP contribution in [0.1, 0.15) is 22.8 Å². The lowest BCUT2D eigenvalue weighted by atomic mass is 10.1. The van der Waals surface area contributed by atoms with Crippen molar-refractivity contribution in [1.29, 1.82) is 0 Å². The highest BCUT2D eigenvalue weighted by molar-refractivity contribution is 9.10. The van der Waals surface area contributed by atoms with Crippen LogP contribution in [0.25, 0.3) is 0 Å². The van der Waals surface area contributed by atoms with Gasteiger partial charge in [-0.15, -0.1) is 12.4 Å². The minimum atomic E-state index is 0. The van der Waals surface area contributed by atoms with Crippen molar-refractivity contribution in [1.82, 2.24) is 10.2 Å². The van der Waals surface area contributed by atoms with Gasteiger partial charge < -0.3 is 10.2 Å². The van der Waals surface area contributed by atoms with Gasteiger partial charge in [-0.1, -0.05) is 15.9 Å². The van der Waals surface area contributed by atoms with Gasteiger partial charge in [-0.3, -0.25) is 4.79 Å². The molecule has 2 rings (SSSR count). The summed E-state index contributed by atoms with van der Waals surface area (Å²) in [5.41, 5.74) is 1.87. The number of amides is 1. The molecule has 1 aromatic carbocycles. The highest BCUT2D eigenvalue weighted by Gasteiger charge is 2.23. The van der Waals surface area contributed by atoms with Crippen molar-refractivity contribution in [2.75, 3.05) is 19.6 Å². The van der Waals surface area contributed by atoms with Gasteiger partial charge in [-0.2, -0.15) is 0 Å². The number of carbonyl (C=O) groups excluding carboxylic acids is 1. The van der Waals surface area contributed by atoms with E-state index in [1.54, 1.807) is 0 Å². The summed E-state index contributed by atoms with van der Waals surface area (Å²) >= 11 is 3.45. The van der Waals surface area contributed by atoms with Gasteiger partial charge in [0.2, 0.25) is 0 Å². The average Bonchev–Trinajstić information content (AvgIpc) is 2.32. The first-order valence-corrected chi connectivity index (χ1v) is 6.66. The number of halogens is 2. The Morgan fingerprint density at radius 1 is 1.50 bits per heavy atom. The maximum Gasteiger partial charge on any atom is 0.254 e. The van der Waals surface area contributed by atoms with Crippen molar-refractivity contribution in [3.05, 3.63) is 33.8 Å². The van der Waals surface area contributed by atoms with Crippen LogP contribution in [0.2, 0.25) is 0 Å². The summed E-state index contributed by atoms with van der Waals surface area (Å²) in [7, 11) is 0. The van der Waals surface area contributed by atoms with Crippen molar-refractivity contribution in [2.45, 2.75) is 19.9 Å². The number of carbonyl (C=O) groups is 1. The smallest absolute Gasteiger partial charge is 0.254 e. The second-order valence-electron chi connectivity index (χ2n) is 4.52. The first kappa shape index (κ1) is 15.5. The van der Waals surface area contributed by atoms with Gasteiger partial charge in [-0.25, -0.2) is 0 Å². The van der Waals surface area contributed by atoms with Gasteiger partial charge in [0.05, 0.1) is 0 Å². The van der Waals surface area contributed by atoms with Crippen LogP contribution in [0.5, 0.6) is 0 Å². The zero-order valence-corrected chi connectivity index (χ0v) is 13.0. The molecular formula is C13H18BrClN2O. The van der Waals surface area contributed by atoms with Crippen LogP contribution in [-0.2, 0) is 0 Å². The molecule has 1 aliphatic rings. The molecule has 1 unspecified atom stereocenters. The van der Waals surface area contributed by atoms with Gasteiger partial charge in [0.1, 0.15) is 0 Å². The quantitative estimate of drug-likeness (QED) is 0.857. The van der Waals surface area contributed by atoms with Gasteiger partial charge >= 0.3 is 0 Å². The Kier molecular flexibility index (Phi) is 5.63. The molecule has 1 atom stereocenters. The third-order valence-corrected chi connectivity index (χ3v) is 4.06. The summed E-state index contributed by atoms with van der Waals surface area (Å²) in [6.45, 7) is 6.62. The third-order valence-electron chi connectivity index (χ3n) is 3.17. The van der Waals surface area contributed by atoms with Crippen LogP contribution in [0.15, 0.2) is 22.7 Å². The van der Waals surface area contributed by atoms with Crippen molar-refractivity contribution >= 4 is 34.2 Å². The van der Waals surface area contributed by atoms with Crippen LogP contribution in [0.4, 0.5) is 0 Å². The molecule has 1 aromatic rings. The Bertz CT molecular complexity index is 439. The van der Waals surface area contributed by atoms with E-state index in [0.29, 0.717) is 0 Å². The largest absolute Gasteiger partial charge is 0.333 e. The highest BCUT2D eigenvalue weighted by atomic mass is 79.9. The number of benzene rings is 1. The zero-order valence-electron chi connectivity index (χ0n) is 10.6. The zero-order chi connectivity index (χ0) is 12.4. The number of piperazine rings is 1. The van der Waals surface area contributed by atoms with E-state index >= 15 is 0 Å². The summed E-state index contributed by atoms with van der Waals surface area (Å²) in [5.74, 6) is 0.134. The first-order chi connectivity index (χ1) is 8.09. The predicted molar refractivity (Wildman–Crippen MR) is 79.5 cm³/mol. The molecule has 1 amide bonds. The third kappa shape index (κ3) is 3.25. The Morgan fingerprint density at radius 3 is 2.83 bits per heavy atom. The van der Waals surface area contributed by atoms with Gasteiger partial charge in [-0.05, 0) is 37.6 Å². The molecule has 0 spiro atoms. The summed E-state index contributed by atoms with van der Waals surface area (Å²) < 4.78 is 1.04. The Labute approximate surface area is 122 Å². The molecule has 0 aromatic heterocycles. The molecule has 100 valence electrons. The monoisotopic (exact) mass is 332 g/mol. The minimum Gasteiger partial charge on any atom is -0.333 e. The van der Waals surface area contributed by atoms with E-state index in [4.69, 9.17) is 0 Å². The maximum atomic E-state index is 12.4. The van der Waals surface area contributed by atoms with Crippen LogP contribution in [0.3, 0.4) is 0 Å². The molecule has 1 aliphatic heterocycles. The fourth-order valence-electron chi connectivity index (χ4n) is 2.09. The summed E-state index contributed by atoms with van der Waals surface area (Å²) in [4.78, 5) is 14.3. The number of nitrogens with one attached hydrogen (secondary N) is 1. The topological polar surface area (TPSA) is 32.3 Å². The molecule has 1 fully saturated rings. The van der Waals surface area contributed by atoms with E-state index < -0.39 is 0 Å². The molecular weight excluding hydrogens is 316 g/mol. The average molecular weight is 334 g/mol. The second kappa shape index (κ2) is 6.55. The molecule has 1 N–H and O–H groups in total. The van der Waals surface area contributed by atoms with E-state index in [9.17, 15) is 4.79 Å². The van der Waals surface area contributed by atoms with Gasteiger partial charge in [0.25, 0.3) is 5.91 Å². The Hall–Kier alpha value is -0.580. The predicted octanol–water partition coefficient (Wildman–Crippen LogP) is 2.61. The molecule has 1 saturated heterocycles. The molecule has 3 nitrogen and oxygen atoms in total. The number of hydrogen-bond donors (Lipinski definition) is 1. The fraction of sp³-hybridized carbons (Fsp3) is 0.462.